The lowest BCUT2D eigenvalue weighted by Gasteiger charge is -2.26. The molecule has 3 aromatic carbocycles. The maximum absolute atomic E-state index is 15.0. The Bertz CT molecular complexity index is 4850. The molecule has 2 fully saturated rings. The van der Waals surface area contributed by atoms with E-state index in [1.54, 1.807) is 42.5 Å². The van der Waals surface area contributed by atoms with E-state index in [0.717, 1.165) is 61.7 Å². The lowest BCUT2D eigenvalue weighted by molar-refractivity contribution is -0.438. The van der Waals surface area contributed by atoms with Crippen molar-refractivity contribution in [1.82, 2.24) is 31.9 Å². The van der Waals surface area contributed by atoms with Gasteiger partial charge in [-0.05, 0) is 133 Å². The van der Waals surface area contributed by atoms with Crippen LogP contribution in [0.5, 0.6) is 0 Å². The third-order valence-electron chi connectivity index (χ3n) is 22.1. The summed E-state index contributed by atoms with van der Waals surface area (Å²) in [4.78, 5) is 185. The number of carboxylic acids is 1. The number of Topliss-reactive ketones (excluding diaryl/α,β-unsaturated/α-hetero) is 5. The van der Waals surface area contributed by atoms with E-state index < -0.39 is 170 Å². The van der Waals surface area contributed by atoms with Gasteiger partial charge < -0.3 is 78.1 Å². The van der Waals surface area contributed by atoms with Gasteiger partial charge in [-0.2, -0.15) is 21.4 Å². The summed E-state index contributed by atoms with van der Waals surface area (Å²) in [6, 6.07) is 12.2. The number of carbonyl (C=O) groups excluding carboxylic acids is 12. The van der Waals surface area contributed by atoms with Crippen LogP contribution in [0.4, 0.5) is 11.4 Å². The van der Waals surface area contributed by atoms with Crippen molar-refractivity contribution >= 4 is 153 Å². The van der Waals surface area contributed by atoms with Gasteiger partial charge in [0, 0.05) is 141 Å². The first-order valence-electron chi connectivity index (χ1n) is 43.1. The highest BCUT2D eigenvalue weighted by molar-refractivity contribution is 8.76. The average molecular weight is 1890 g/mol. The predicted molar refractivity (Wildman–Crippen MR) is 489 cm³/mol. The predicted octanol–water partition coefficient (Wildman–Crippen LogP) is 5.16. The summed E-state index contributed by atoms with van der Waals surface area (Å²) in [6.07, 6.45) is 9.87. The van der Waals surface area contributed by atoms with Crippen molar-refractivity contribution in [3.05, 3.63) is 119 Å². The Morgan fingerprint density at radius 2 is 1.26 bits per heavy atom. The van der Waals surface area contributed by atoms with Gasteiger partial charge in [0.1, 0.15) is 25.8 Å². The number of benzene rings is 3. The Kier molecular flexibility index (Phi) is 43.8. The number of primary amides is 1. The highest BCUT2D eigenvalue weighted by Crippen LogP contribution is 2.49. The number of aliphatic carboxylic acids is 1. The van der Waals surface area contributed by atoms with Gasteiger partial charge in [-0.15, -0.1) is 11.8 Å². The fourth-order valence-electron chi connectivity index (χ4n) is 15.3. The minimum absolute atomic E-state index is 0.00881. The second-order valence-electron chi connectivity index (χ2n) is 32.8. The third-order valence-corrected chi connectivity index (χ3v) is 27.3. The van der Waals surface area contributed by atoms with Crippen molar-refractivity contribution in [2.24, 2.45) is 39.9 Å². The number of thioether (sulfide) groups is 1. The Hall–Kier alpha value is -9.56. The van der Waals surface area contributed by atoms with Crippen LogP contribution in [0.25, 0.3) is 0 Å². The summed E-state index contributed by atoms with van der Waals surface area (Å²) < 4.78 is 93.0. The van der Waals surface area contributed by atoms with Gasteiger partial charge in [-0.3, -0.25) is 76.4 Å². The molecular weight excluding hydrogens is 1770 g/mol. The van der Waals surface area contributed by atoms with Gasteiger partial charge in [0.2, 0.25) is 47.0 Å². The summed E-state index contributed by atoms with van der Waals surface area (Å²) in [5.41, 5.74) is 20.1. The number of guanidine groups is 1. The van der Waals surface area contributed by atoms with Crippen LogP contribution >= 0.6 is 33.3 Å². The number of ketones is 5. The van der Waals surface area contributed by atoms with Gasteiger partial charge in [0.15, 0.2) is 40.6 Å². The van der Waals surface area contributed by atoms with Crippen LogP contribution in [0.2, 0.25) is 0 Å². The molecule has 15 N–H and O–H groups in total. The molecule has 0 spiro atoms. The van der Waals surface area contributed by atoms with Crippen LogP contribution < -0.4 is 54.0 Å². The monoisotopic (exact) mass is 1890 g/mol. The van der Waals surface area contributed by atoms with Crippen molar-refractivity contribution in [1.29, 1.82) is 0 Å². The molecule has 7 atom stereocenters. The van der Waals surface area contributed by atoms with Gasteiger partial charge in [-0.1, -0.05) is 84.0 Å². The van der Waals surface area contributed by atoms with Gasteiger partial charge in [0.05, 0.1) is 84.4 Å². The van der Waals surface area contributed by atoms with E-state index in [2.05, 4.69) is 46.4 Å². The smallest absolute Gasteiger partial charge is 0.304 e. The van der Waals surface area contributed by atoms with Crippen LogP contribution in [0.1, 0.15) is 160 Å². The summed E-state index contributed by atoms with van der Waals surface area (Å²) in [7, 11) is -7.04. The number of likely N-dealkylation sites (N-methyl/N-ethyl adjacent to an activating group) is 1. The molecule has 36 nitrogen and oxygen atoms in total. The summed E-state index contributed by atoms with van der Waals surface area (Å²) in [5.74, 6) is -14.4. The number of anilines is 1. The number of aliphatic imine (C=N–C) groups is 1. The quantitative estimate of drug-likeness (QED) is 0.00661. The van der Waals surface area contributed by atoms with Gasteiger partial charge >= 0.3 is 5.97 Å². The maximum atomic E-state index is 15.0. The topological polar surface area (TPSA) is 557 Å². The fourth-order valence-corrected chi connectivity index (χ4v) is 19.6. The molecule has 0 saturated carbocycles. The molecule has 41 heteroatoms. The van der Waals surface area contributed by atoms with Crippen LogP contribution in [0, 0.1) is 17.8 Å². The number of nitrogens with zero attached hydrogens (tertiary/aromatic N) is 3. The van der Waals surface area contributed by atoms with Gasteiger partial charge in [-0.25, -0.2) is 0 Å². The molecule has 7 amide bonds. The maximum Gasteiger partial charge on any atom is 0.304 e. The number of unbranched alkanes of at least 4 members (excludes halogenated alkanes) is 3. The molecule has 0 aromatic heterocycles. The molecule has 129 heavy (non-hydrogen) atoms. The molecule has 0 aliphatic carbocycles. The van der Waals surface area contributed by atoms with Crippen LogP contribution in [0.3, 0.4) is 0 Å². The summed E-state index contributed by atoms with van der Waals surface area (Å²) in [6.45, 7) is 10.9. The molecule has 4 aliphatic rings. The molecule has 7 rings (SSSR count). The molecule has 3 aromatic rings. The van der Waals surface area contributed by atoms with E-state index in [-0.39, 0.29) is 174 Å². The van der Waals surface area contributed by atoms with E-state index in [1.807, 2.05) is 65.0 Å². The lowest BCUT2D eigenvalue weighted by Crippen LogP contribution is -2.53. The van der Waals surface area contributed by atoms with Crippen molar-refractivity contribution in [2.75, 3.05) is 113 Å². The molecular formula is C88H123N12O24S5+. The molecule has 4 heterocycles. The third kappa shape index (κ3) is 35.2. The zero-order valence-corrected chi connectivity index (χ0v) is 77.6. The zero-order valence-electron chi connectivity index (χ0n) is 73.6. The highest BCUT2D eigenvalue weighted by atomic mass is 33.1. The average Bonchev–Trinajstić information content (AvgIpc) is 1.59. The number of fused-ring (bicyclic) bond motifs is 7. The first kappa shape index (κ1) is 106. The molecule has 708 valence electrons. The van der Waals surface area contributed by atoms with Crippen molar-refractivity contribution < 1.29 is 117 Å². The number of hydrogen-bond donors (Lipinski definition) is 12. The lowest BCUT2D eigenvalue weighted by atomic mass is 9.81. The first-order valence-corrected chi connectivity index (χ1v) is 49.6. The Labute approximate surface area is 764 Å². The standard InChI is InChI=1S/C88H122N12O24S5/c1-6-99-71-32-30-63(128(115,116)117)48-65(71)87(2,3)76(99)27-12-8-13-28-77-88(4,5)66-49-64(129(118,119)120)31-33-72(66)100(77)36-17-9-14-29-79(107)92-34-16-15-25-67-85(114)98-70-55-127-126-54-69(97-84(113)60(47-81(109)110)44-62(102)50-94-82(111)58(45-74(70)104)23-18-35-93-86(90)91)75(105)46-59(43-57-21-10-7-11-22-57)83(112)96-68(53-125-56-80(108)95-67)73(103)26-20-38-122-40-42-123-41-39-121-37-19-24-61(101)51-124-52-78(89)106/h7-8,10-13,21-22,27-28,30-33,48-49,58-60,67-70H,6,9,14-20,23-26,29,34-47,50-56H2,1-5H3,(H14-,89,90,91,92,93,94,95,96,97,98,106,107,108,109,110,111,112,113,114,115,116,117,118,119,120)/p+1/t58-,59-,60+,67+,68+,69+,70+/m1/s1. The number of rotatable bonds is 44. The Morgan fingerprint density at radius 1 is 0.628 bits per heavy atom. The van der Waals surface area contributed by atoms with E-state index in [0.29, 0.717) is 56.3 Å². The largest absolute Gasteiger partial charge is 0.481 e. The summed E-state index contributed by atoms with van der Waals surface area (Å²) >= 11 is 0.957. The molecule has 2 bridgehead atoms. The highest BCUT2D eigenvalue weighted by Gasteiger charge is 2.46. The number of amides is 7. The number of nitrogens with one attached hydrogen (secondary N) is 6. The van der Waals surface area contributed by atoms with Crippen molar-refractivity contribution in [2.45, 2.75) is 195 Å². The Morgan fingerprint density at radius 3 is 1.90 bits per heavy atom. The van der Waals surface area contributed by atoms with Crippen LogP contribution in [-0.4, -0.2) is 256 Å². The number of nitrogens with two attached hydrogens (primary N) is 3. The number of ether oxygens (including phenoxy) is 4. The van der Waals surface area contributed by atoms with E-state index >= 15 is 0 Å². The zero-order chi connectivity index (χ0) is 94.4. The first-order chi connectivity index (χ1) is 61.3. The minimum Gasteiger partial charge on any atom is -0.481 e. The molecule has 0 unspecified atom stereocenters. The minimum atomic E-state index is -4.57. The SMILES string of the molecule is CCN1C(=CC=CC=CC2=[N+](CCCCCC(=O)NCCCC[C@@H]3NC(=O)CSC[C@@H](C(=O)CCCOCCOCCOCCCC(=O)COCC(N)=O)NC(=O)[C@H](Cc4ccccc4)CC(=O)[C@@H]4CSSC[C@H](NC3=O)C(=O)C[C@@H](CCCN=C(N)N)C(=O)NCC(=O)C[C@@H](CC(=O)O)C(=O)N4)c3ccc(S(=O)(=O)O)cc3C2(C)C)C(C)(C)c2cc(S(=O)(=O)O)ccc21. The van der Waals surface area contributed by atoms with E-state index in [1.165, 1.54) is 24.3 Å². The normalized spacial score (nSPS) is 21.0. The Balaban J connectivity index is 1.07. The number of carboxylic acid groups (broad SMARTS) is 1. The molecule has 2 saturated heterocycles. The summed E-state index contributed by atoms with van der Waals surface area (Å²) in [5, 5.41) is 26.6. The van der Waals surface area contributed by atoms with E-state index in [9.17, 15) is 93.4 Å². The van der Waals surface area contributed by atoms with E-state index in [4.69, 9.17) is 36.1 Å². The second-order valence-corrected chi connectivity index (χ2v) is 39.2. The number of hydrogen-bond acceptors (Lipinski definition) is 26. The fraction of sp³-hybridized carbons (Fsp3) is 0.557. The van der Waals surface area contributed by atoms with Crippen LogP contribution in [-0.2, 0) is 119 Å². The van der Waals surface area contributed by atoms with Crippen LogP contribution in [0.15, 0.2) is 118 Å². The molecule has 0 radical (unpaired) electrons. The second kappa shape index (κ2) is 53.1. The number of carbonyl (C=O) groups is 13. The van der Waals surface area contributed by atoms with Crippen molar-refractivity contribution in [3.63, 3.8) is 0 Å². The van der Waals surface area contributed by atoms with Crippen molar-refractivity contribution in [3.8, 4) is 0 Å². The number of allylic oxidation sites excluding steroid dienone is 6. The van der Waals surface area contributed by atoms with Gasteiger partial charge in [0.25, 0.3) is 20.2 Å². The molecule has 4 aliphatic heterocycles.